The van der Waals surface area contributed by atoms with Crippen LogP contribution in [-0.4, -0.2) is 49.3 Å². The van der Waals surface area contributed by atoms with E-state index in [4.69, 9.17) is 0 Å². The van der Waals surface area contributed by atoms with E-state index in [0.29, 0.717) is 0 Å². The van der Waals surface area contributed by atoms with Crippen molar-refractivity contribution in [3.8, 4) is 0 Å². The third-order valence-electron chi connectivity index (χ3n) is 4.58. The van der Waals surface area contributed by atoms with Crippen LogP contribution < -0.4 is 10.6 Å². The monoisotopic (exact) mass is 383 g/mol. The standard InChI is InChI=1S/C22H29N3O3/c1-15(2)21(22(28)23-12-11-20(27)25(3)4)24-19(26)14-16-9-10-17-7-5-6-8-18(17)13-16/h5-10,13,15,21H,11-12,14H2,1-4H3,(H,23,28)(H,24,26). The van der Waals surface area contributed by atoms with Crippen LogP contribution in [0.25, 0.3) is 10.8 Å². The maximum atomic E-state index is 12.5. The molecule has 0 aliphatic carbocycles. The summed E-state index contributed by atoms with van der Waals surface area (Å²) in [5.41, 5.74) is 0.899. The van der Waals surface area contributed by atoms with Gasteiger partial charge in [0.2, 0.25) is 17.7 Å². The molecule has 2 rings (SSSR count). The molecule has 0 bridgehead atoms. The number of nitrogens with one attached hydrogen (secondary N) is 2. The number of fused-ring (bicyclic) bond motifs is 1. The molecule has 0 aliphatic heterocycles. The summed E-state index contributed by atoms with van der Waals surface area (Å²) in [7, 11) is 3.35. The first-order valence-electron chi connectivity index (χ1n) is 9.53. The van der Waals surface area contributed by atoms with Gasteiger partial charge in [-0.1, -0.05) is 56.3 Å². The molecule has 1 unspecified atom stereocenters. The largest absolute Gasteiger partial charge is 0.354 e. The SMILES string of the molecule is CC(C)C(NC(=O)Cc1ccc2ccccc2c1)C(=O)NCCC(=O)N(C)C. The van der Waals surface area contributed by atoms with Crippen molar-refractivity contribution in [3.63, 3.8) is 0 Å². The molecule has 0 radical (unpaired) electrons. The molecule has 0 spiro atoms. The van der Waals surface area contributed by atoms with Crippen LogP contribution in [0.2, 0.25) is 0 Å². The van der Waals surface area contributed by atoms with Crippen LogP contribution in [0, 0.1) is 5.92 Å². The number of carbonyl (C=O) groups excluding carboxylic acids is 3. The van der Waals surface area contributed by atoms with Gasteiger partial charge in [-0.25, -0.2) is 0 Å². The predicted molar refractivity (Wildman–Crippen MR) is 111 cm³/mol. The molecule has 0 aromatic heterocycles. The van der Waals surface area contributed by atoms with Crippen molar-refractivity contribution in [2.45, 2.75) is 32.7 Å². The van der Waals surface area contributed by atoms with Crippen LogP contribution in [0.15, 0.2) is 42.5 Å². The summed E-state index contributed by atoms with van der Waals surface area (Å²) in [5.74, 6) is -0.589. The van der Waals surface area contributed by atoms with Gasteiger partial charge in [0.05, 0.1) is 6.42 Å². The Morgan fingerprint density at radius 3 is 2.32 bits per heavy atom. The molecule has 0 fully saturated rings. The van der Waals surface area contributed by atoms with Gasteiger partial charge < -0.3 is 15.5 Å². The van der Waals surface area contributed by atoms with Crippen molar-refractivity contribution in [2.75, 3.05) is 20.6 Å². The van der Waals surface area contributed by atoms with Gasteiger partial charge in [0.25, 0.3) is 0 Å². The lowest BCUT2D eigenvalue weighted by atomic mass is 10.0. The zero-order valence-electron chi connectivity index (χ0n) is 17.0. The second-order valence-corrected chi connectivity index (χ2v) is 7.48. The summed E-state index contributed by atoms with van der Waals surface area (Å²) in [6.45, 7) is 4.01. The van der Waals surface area contributed by atoms with Crippen molar-refractivity contribution in [1.82, 2.24) is 15.5 Å². The lowest BCUT2D eigenvalue weighted by Gasteiger charge is -2.22. The number of nitrogens with zero attached hydrogens (tertiary/aromatic N) is 1. The number of benzene rings is 2. The van der Waals surface area contributed by atoms with Crippen LogP contribution in [0.1, 0.15) is 25.8 Å². The van der Waals surface area contributed by atoms with Gasteiger partial charge in [-0.15, -0.1) is 0 Å². The number of carbonyl (C=O) groups is 3. The van der Waals surface area contributed by atoms with E-state index in [1.54, 1.807) is 14.1 Å². The summed E-state index contributed by atoms with van der Waals surface area (Å²) in [4.78, 5) is 38.0. The van der Waals surface area contributed by atoms with Gasteiger partial charge in [-0.3, -0.25) is 14.4 Å². The number of hydrogen-bond donors (Lipinski definition) is 2. The maximum absolute atomic E-state index is 12.5. The zero-order chi connectivity index (χ0) is 20.7. The molecule has 0 heterocycles. The molecule has 1 atom stereocenters. The molecule has 2 N–H and O–H groups in total. The second kappa shape index (κ2) is 9.88. The fraction of sp³-hybridized carbons (Fsp3) is 0.409. The Balaban J connectivity index is 1.93. The first kappa shape index (κ1) is 21.4. The summed E-state index contributed by atoms with van der Waals surface area (Å²) < 4.78 is 0. The smallest absolute Gasteiger partial charge is 0.242 e. The average Bonchev–Trinajstić information content (AvgIpc) is 2.65. The molecule has 3 amide bonds. The normalized spacial score (nSPS) is 11.9. The highest BCUT2D eigenvalue weighted by Crippen LogP contribution is 2.16. The highest BCUT2D eigenvalue weighted by molar-refractivity contribution is 5.90. The Kier molecular flexibility index (Phi) is 7.55. The van der Waals surface area contributed by atoms with Gasteiger partial charge in [0, 0.05) is 27.1 Å². The fourth-order valence-corrected chi connectivity index (χ4v) is 2.92. The second-order valence-electron chi connectivity index (χ2n) is 7.48. The highest BCUT2D eigenvalue weighted by Gasteiger charge is 2.24. The van der Waals surface area contributed by atoms with E-state index in [2.05, 4.69) is 10.6 Å². The lowest BCUT2D eigenvalue weighted by Crippen LogP contribution is -2.50. The van der Waals surface area contributed by atoms with Gasteiger partial charge in [0.1, 0.15) is 6.04 Å². The molecule has 2 aromatic carbocycles. The Morgan fingerprint density at radius 2 is 1.68 bits per heavy atom. The van der Waals surface area contributed by atoms with Crippen molar-refractivity contribution < 1.29 is 14.4 Å². The van der Waals surface area contributed by atoms with Crippen LogP contribution >= 0.6 is 0 Å². The summed E-state index contributed by atoms with van der Waals surface area (Å²) in [6, 6.07) is 13.3. The van der Waals surface area contributed by atoms with Crippen LogP contribution in [0.3, 0.4) is 0 Å². The first-order valence-corrected chi connectivity index (χ1v) is 9.53. The fourth-order valence-electron chi connectivity index (χ4n) is 2.92. The molecule has 2 aromatic rings. The van der Waals surface area contributed by atoms with E-state index in [1.807, 2.05) is 56.3 Å². The van der Waals surface area contributed by atoms with E-state index in [-0.39, 0.29) is 43.0 Å². The van der Waals surface area contributed by atoms with E-state index in [9.17, 15) is 14.4 Å². The van der Waals surface area contributed by atoms with E-state index in [0.717, 1.165) is 16.3 Å². The van der Waals surface area contributed by atoms with Gasteiger partial charge in [-0.2, -0.15) is 0 Å². The van der Waals surface area contributed by atoms with Crippen molar-refractivity contribution in [1.29, 1.82) is 0 Å². The Bertz CT molecular complexity index is 846. The minimum atomic E-state index is -0.637. The molecule has 0 aliphatic rings. The Labute approximate surface area is 166 Å². The van der Waals surface area contributed by atoms with Gasteiger partial charge in [-0.05, 0) is 22.3 Å². The molecule has 28 heavy (non-hydrogen) atoms. The topological polar surface area (TPSA) is 78.5 Å². The summed E-state index contributed by atoms with van der Waals surface area (Å²) in [5, 5.41) is 7.77. The zero-order valence-corrected chi connectivity index (χ0v) is 17.0. The minimum absolute atomic E-state index is 0.0539. The lowest BCUT2D eigenvalue weighted by molar-refractivity contribution is -0.131. The summed E-state index contributed by atoms with van der Waals surface area (Å²) in [6.07, 6.45) is 0.440. The molecule has 6 nitrogen and oxygen atoms in total. The van der Waals surface area contributed by atoms with Crippen LogP contribution in [0.5, 0.6) is 0 Å². The molecular weight excluding hydrogens is 354 g/mol. The first-order chi connectivity index (χ1) is 13.3. The minimum Gasteiger partial charge on any atom is -0.354 e. The van der Waals surface area contributed by atoms with E-state index in [1.165, 1.54) is 4.90 Å². The highest BCUT2D eigenvalue weighted by atomic mass is 16.2. The van der Waals surface area contributed by atoms with Crippen molar-refractivity contribution >= 4 is 28.5 Å². The molecule has 0 saturated carbocycles. The number of hydrogen-bond acceptors (Lipinski definition) is 3. The van der Waals surface area contributed by atoms with Crippen molar-refractivity contribution in [2.24, 2.45) is 5.92 Å². The van der Waals surface area contributed by atoms with Crippen LogP contribution in [0.4, 0.5) is 0 Å². The van der Waals surface area contributed by atoms with E-state index >= 15 is 0 Å². The van der Waals surface area contributed by atoms with Crippen molar-refractivity contribution in [3.05, 3.63) is 48.0 Å². The predicted octanol–water partition coefficient (Wildman–Crippen LogP) is 2.12. The number of amides is 3. The average molecular weight is 383 g/mol. The molecular formula is C22H29N3O3. The van der Waals surface area contributed by atoms with Crippen LogP contribution in [-0.2, 0) is 20.8 Å². The third kappa shape index (κ3) is 6.08. The van der Waals surface area contributed by atoms with E-state index < -0.39 is 6.04 Å². The van der Waals surface area contributed by atoms with Gasteiger partial charge in [0.15, 0.2) is 0 Å². The molecule has 0 saturated heterocycles. The number of rotatable bonds is 8. The quantitative estimate of drug-likeness (QED) is 0.733. The molecule has 150 valence electrons. The Morgan fingerprint density at radius 1 is 1.00 bits per heavy atom. The van der Waals surface area contributed by atoms with Gasteiger partial charge >= 0.3 is 0 Å². The maximum Gasteiger partial charge on any atom is 0.242 e. The Hall–Kier alpha value is -2.89. The third-order valence-corrected chi connectivity index (χ3v) is 4.58. The summed E-state index contributed by atoms with van der Waals surface area (Å²) >= 11 is 0. The molecule has 6 heteroatoms.